The van der Waals surface area contributed by atoms with Crippen molar-refractivity contribution in [2.75, 3.05) is 17.3 Å². The fourth-order valence-corrected chi connectivity index (χ4v) is 3.78. The van der Waals surface area contributed by atoms with E-state index in [1.807, 2.05) is 18.2 Å². The van der Waals surface area contributed by atoms with Gasteiger partial charge in [0.05, 0.1) is 18.4 Å². The summed E-state index contributed by atoms with van der Waals surface area (Å²) in [7, 11) is 1.56. The maximum atomic E-state index is 13.4. The maximum absolute atomic E-state index is 13.4. The summed E-state index contributed by atoms with van der Waals surface area (Å²) in [6.45, 7) is 0. The Balaban J connectivity index is 1.82. The van der Waals surface area contributed by atoms with Crippen molar-refractivity contribution in [1.29, 1.82) is 0 Å². The van der Waals surface area contributed by atoms with Gasteiger partial charge in [0.15, 0.2) is 0 Å². The molecule has 3 aromatic rings. The summed E-state index contributed by atoms with van der Waals surface area (Å²) in [5.74, 6) is -0.341. The number of benzene rings is 3. The van der Waals surface area contributed by atoms with Crippen LogP contribution in [0.15, 0.2) is 78.5 Å². The molecule has 1 aliphatic rings. The van der Waals surface area contributed by atoms with Crippen LogP contribution in [0, 0.1) is 0 Å². The average molecular weight is 439 g/mol. The number of halogens is 2. The van der Waals surface area contributed by atoms with Crippen LogP contribution in [0.1, 0.15) is 5.56 Å². The number of nitrogens with one attached hydrogen (secondary N) is 1. The number of anilines is 2. The SMILES string of the molecule is COc1cccc(NC2=C(c3ccccc3)C(=O)N(c3cc(Cl)cc(Cl)c3)C2=O)c1. The number of nitrogens with zero attached hydrogens (tertiary/aromatic N) is 1. The van der Waals surface area contributed by atoms with E-state index in [4.69, 9.17) is 27.9 Å². The number of hydrogen-bond donors (Lipinski definition) is 1. The molecule has 5 nitrogen and oxygen atoms in total. The van der Waals surface area contributed by atoms with Crippen LogP contribution in [-0.4, -0.2) is 18.9 Å². The quantitative estimate of drug-likeness (QED) is 0.541. The highest BCUT2D eigenvalue weighted by atomic mass is 35.5. The van der Waals surface area contributed by atoms with Gasteiger partial charge >= 0.3 is 0 Å². The first-order chi connectivity index (χ1) is 14.5. The molecule has 1 aliphatic heterocycles. The molecule has 3 aromatic carbocycles. The van der Waals surface area contributed by atoms with Crippen molar-refractivity contribution >= 4 is 52.0 Å². The summed E-state index contributed by atoms with van der Waals surface area (Å²) < 4.78 is 5.25. The normalized spacial score (nSPS) is 13.8. The largest absolute Gasteiger partial charge is 0.497 e. The lowest BCUT2D eigenvalue weighted by Gasteiger charge is -2.16. The van der Waals surface area contributed by atoms with E-state index >= 15 is 0 Å². The Kier molecular flexibility index (Phi) is 5.48. The molecule has 30 heavy (non-hydrogen) atoms. The average Bonchev–Trinajstić information content (AvgIpc) is 2.97. The van der Waals surface area contributed by atoms with Crippen LogP contribution in [0.3, 0.4) is 0 Å². The molecule has 0 spiro atoms. The summed E-state index contributed by atoms with van der Waals surface area (Å²) in [6.07, 6.45) is 0. The predicted octanol–water partition coefficient (Wildman–Crippen LogP) is 5.40. The van der Waals surface area contributed by atoms with Crippen LogP contribution in [0.2, 0.25) is 10.0 Å². The molecule has 0 bridgehead atoms. The Labute approximate surface area is 183 Å². The Morgan fingerprint density at radius 3 is 2.20 bits per heavy atom. The van der Waals surface area contributed by atoms with Gasteiger partial charge in [-0.25, -0.2) is 4.90 Å². The van der Waals surface area contributed by atoms with Gasteiger partial charge in [0.1, 0.15) is 11.4 Å². The van der Waals surface area contributed by atoms with Crippen molar-refractivity contribution in [3.63, 3.8) is 0 Å². The van der Waals surface area contributed by atoms with Gasteiger partial charge in [-0.2, -0.15) is 0 Å². The van der Waals surface area contributed by atoms with E-state index in [0.717, 1.165) is 4.90 Å². The second kappa shape index (κ2) is 8.22. The van der Waals surface area contributed by atoms with Gasteiger partial charge in [-0.1, -0.05) is 59.6 Å². The molecule has 0 atom stereocenters. The number of hydrogen-bond acceptors (Lipinski definition) is 4. The molecule has 150 valence electrons. The molecule has 2 amide bonds. The maximum Gasteiger partial charge on any atom is 0.282 e. The van der Waals surface area contributed by atoms with Crippen LogP contribution < -0.4 is 15.0 Å². The van der Waals surface area contributed by atoms with Crippen molar-refractivity contribution in [3.8, 4) is 5.75 Å². The highest BCUT2D eigenvalue weighted by Crippen LogP contribution is 2.36. The molecule has 0 fully saturated rings. The Morgan fingerprint density at radius 2 is 1.53 bits per heavy atom. The minimum Gasteiger partial charge on any atom is -0.497 e. The lowest BCUT2D eigenvalue weighted by Crippen LogP contribution is -2.32. The van der Waals surface area contributed by atoms with Crippen LogP contribution in [0.4, 0.5) is 11.4 Å². The van der Waals surface area contributed by atoms with Crippen molar-refractivity contribution < 1.29 is 14.3 Å². The van der Waals surface area contributed by atoms with Gasteiger partial charge in [-0.05, 0) is 35.9 Å². The van der Waals surface area contributed by atoms with Crippen LogP contribution in [0.5, 0.6) is 5.75 Å². The molecule has 0 saturated carbocycles. The van der Waals surface area contributed by atoms with Gasteiger partial charge in [0.2, 0.25) is 0 Å². The number of rotatable bonds is 5. The highest BCUT2D eigenvalue weighted by Gasteiger charge is 2.40. The summed E-state index contributed by atoms with van der Waals surface area (Å²) >= 11 is 12.2. The van der Waals surface area contributed by atoms with Crippen LogP contribution in [0.25, 0.3) is 5.57 Å². The molecule has 1 heterocycles. The Morgan fingerprint density at radius 1 is 0.833 bits per heavy atom. The first-order valence-electron chi connectivity index (χ1n) is 9.03. The van der Waals surface area contributed by atoms with Gasteiger partial charge in [-0.15, -0.1) is 0 Å². The molecule has 0 aromatic heterocycles. The van der Waals surface area contributed by atoms with Crippen molar-refractivity contribution in [2.24, 2.45) is 0 Å². The third kappa shape index (κ3) is 3.77. The molecule has 0 saturated heterocycles. The molecule has 7 heteroatoms. The lowest BCUT2D eigenvalue weighted by molar-refractivity contribution is -0.120. The fourth-order valence-electron chi connectivity index (χ4n) is 3.27. The first-order valence-corrected chi connectivity index (χ1v) is 9.79. The molecule has 0 unspecified atom stereocenters. The number of amides is 2. The number of ether oxygens (including phenoxy) is 1. The third-order valence-electron chi connectivity index (χ3n) is 4.59. The minimum atomic E-state index is -0.500. The highest BCUT2D eigenvalue weighted by molar-refractivity contribution is 6.46. The second-order valence-corrected chi connectivity index (χ2v) is 7.42. The zero-order chi connectivity index (χ0) is 21.3. The van der Waals surface area contributed by atoms with Crippen molar-refractivity contribution in [2.45, 2.75) is 0 Å². The van der Waals surface area contributed by atoms with E-state index in [1.54, 1.807) is 49.6 Å². The summed E-state index contributed by atoms with van der Waals surface area (Å²) in [4.78, 5) is 27.8. The number of methoxy groups -OCH3 is 1. The smallest absolute Gasteiger partial charge is 0.282 e. The zero-order valence-corrected chi connectivity index (χ0v) is 17.4. The summed E-state index contributed by atoms with van der Waals surface area (Å²) in [6, 6.07) is 20.7. The van der Waals surface area contributed by atoms with Crippen molar-refractivity contribution in [3.05, 3.63) is 94.1 Å². The monoisotopic (exact) mass is 438 g/mol. The number of imide groups is 1. The van der Waals surface area contributed by atoms with Gasteiger partial charge in [0.25, 0.3) is 11.8 Å². The fraction of sp³-hybridized carbons (Fsp3) is 0.0435. The van der Waals surface area contributed by atoms with Crippen molar-refractivity contribution in [1.82, 2.24) is 0 Å². The lowest BCUT2D eigenvalue weighted by atomic mass is 10.0. The molecular formula is C23H16Cl2N2O3. The van der Waals surface area contributed by atoms with E-state index < -0.39 is 11.8 Å². The van der Waals surface area contributed by atoms with E-state index in [0.29, 0.717) is 32.7 Å². The van der Waals surface area contributed by atoms with E-state index in [1.165, 1.54) is 12.1 Å². The molecule has 0 radical (unpaired) electrons. The van der Waals surface area contributed by atoms with Gasteiger partial charge < -0.3 is 10.1 Å². The Hall–Kier alpha value is -3.28. The molecule has 1 N–H and O–H groups in total. The van der Waals surface area contributed by atoms with Gasteiger partial charge in [0, 0.05) is 21.8 Å². The molecular weight excluding hydrogens is 423 g/mol. The molecule has 0 aliphatic carbocycles. The Bertz CT molecular complexity index is 1160. The minimum absolute atomic E-state index is 0.163. The van der Waals surface area contributed by atoms with E-state index in [-0.39, 0.29) is 11.3 Å². The van der Waals surface area contributed by atoms with E-state index in [9.17, 15) is 9.59 Å². The zero-order valence-electron chi connectivity index (χ0n) is 15.9. The second-order valence-electron chi connectivity index (χ2n) is 6.55. The van der Waals surface area contributed by atoms with Gasteiger partial charge in [-0.3, -0.25) is 9.59 Å². The summed E-state index contributed by atoms with van der Waals surface area (Å²) in [5.41, 5.74) is 1.97. The predicted molar refractivity (Wildman–Crippen MR) is 119 cm³/mol. The molecule has 4 rings (SSSR count). The first kappa shape index (κ1) is 20.0. The number of carbonyl (C=O) groups excluding carboxylic acids is 2. The summed E-state index contributed by atoms with van der Waals surface area (Å²) in [5, 5.41) is 3.75. The van der Waals surface area contributed by atoms with Crippen LogP contribution >= 0.6 is 23.2 Å². The standard InChI is InChI=1S/C23H16Cl2N2O3/c1-30-19-9-5-8-17(13-19)26-21-20(14-6-3-2-4-7-14)22(28)27(23(21)29)18-11-15(24)10-16(25)12-18/h2-13,26H,1H3. The van der Waals surface area contributed by atoms with E-state index in [2.05, 4.69) is 5.32 Å². The topological polar surface area (TPSA) is 58.6 Å². The number of carbonyl (C=O) groups is 2. The van der Waals surface area contributed by atoms with Crippen LogP contribution in [-0.2, 0) is 9.59 Å². The third-order valence-corrected chi connectivity index (χ3v) is 5.03.